The molecule has 1 atom stereocenters. The van der Waals surface area contributed by atoms with Crippen molar-refractivity contribution >= 4 is 18.0 Å². The molecule has 1 aliphatic rings. The van der Waals surface area contributed by atoms with Crippen molar-refractivity contribution in [3.63, 3.8) is 0 Å². The Labute approximate surface area is 117 Å². The van der Waals surface area contributed by atoms with E-state index in [4.69, 9.17) is 9.52 Å². The van der Waals surface area contributed by atoms with Gasteiger partial charge >= 0.3 is 5.97 Å². The molecule has 1 amide bonds. The van der Waals surface area contributed by atoms with Crippen LogP contribution in [0.25, 0.3) is 6.08 Å². The van der Waals surface area contributed by atoms with E-state index in [1.54, 1.807) is 29.4 Å². The van der Waals surface area contributed by atoms with Gasteiger partial charge in [0.05, 0.1) is 6.26 Å². The van der Waals surface area contributed by atoms with Gasteiger partial charge < -0.3 is 14.4 Å². The van der Waals surface area contributed by atoms with Gasteiger partial charge in [0.2, 0.25) is 5.91 Å². The van der Waals surface area contributed by atoms with Crippen molar-refractivity contribution in [3.8, 4) is 0 Å². The van der Waals surface area contributed by atoms with Crippen molar-refractivity contribution < 1.29 is 19.1 Å². The fourth-order valence-corrected chi connectivity index (χ4v) is 2.52. The first-order valence-corrected chi connectivity index (χ1v) is 6.91. The molecule has 0 aromatic carbocycles. The van der Waals surface area contributed by atoms with Gasteiger partial charge in [0, 0.05) is 25.1 Å². The zero-order chi connectivity index (χ0) is 14.4. The first kappa shape index (κ1) is 14.4. The Hall–Kier alpha value is -2.04. The number of rotatable bonds is 5. The van der Waals surface area contributed by atoms with E-state index < -0.39 is 5.97 Å². The highest BCUT2D eigenvalue weighted by Gasteiger charge is 2.25. The maximum atomic E-state index is 12.2. The largest absolute Gasteiger partial charge is 0.481 e. The molecule has 5 nitrogen and oxygen atoms in total. The van der Waals surface area contributed by atoms with Crippen molar-refractivity contribution in [2.24, 2.45) is 0 Å². The summed E-state index contributed by atoms with van der Waals surface area (Å²) in [6, 6.07) is 3.58. The monoisotopic (exact) mass is 277 g/mol. The molecule has 20 heavy (non-hydrogen) atoms. The minimum absolute atomic E-state index is 0.0357. The number of piperidine rings is 1. The summed E-state index contributed by atoms with van der Waals surface area (Å²) in [5.74, 6) is -0.247. The Bertz CT molecular complexity index is 478. The Kier molecular flexibility index (Phi) is 4.98. The van der Waals surface area contributed by atoms with Crippen LogP contribution >= 0.6 is 0 Å². The van der Waals surface area contributed by atoms with Crippen LogP contribution in [0.2, 0.25) is 0 Å². The molecule has 1 saturated heterocycles. The van der Waals surface area contributed by atoms with Crippen molar-refractivity contribution in [1.82, 2.24) is 4.90 Å². The molecule has 108 valence electrons. The highest BCUT2D eigenvalue weighted by atomic mass is 16.4. The molecule has 1 fully saturated rings. The van der Waals surface area contributed by atoms with Crippen LogP contribution in [0.15, 0.2) is 28.9 Å². The number of carboxylic acids is 1. The highest BCUT2D eigenvalue weighted by Crippen LogP contribution is 2.21. The number of furan rings is 1. The smallest absolute Gasteiger partial charge is 0.303 e. The van der Waals surface area contributed by atoms with Crippen molar-refractivity contribution in [2.45, 2.75) is 38.1 Å². The molecule has 1 N–H and O–H groups in total. The van der Waals surface area contributed by atoms with Crippen LogP contribution in [0.4, 0.5) is 0 Å². The fourth-order valence-electron chi connectivity index (χ4n) is 2.52. The third kappa shape index (κ3) is 3.98. The van der Waals surface area contributed by atoms with Crippen LogP contribution in [0.3, 0.4) is 0 Å². The summed E-state index contributed by atoms with van der Waals surface area (Å²) in [4.78, 5) is 24.7. The second-order valence-electron chi connectivity index (χ2n) is 4.96. The predicted octanol–water partition coefficient (Wildman–Crippen LogP) is 2.54. The maximum Gasteiger partial charge on any atom is 0.303 e. The summed E-state index contributed by atoms with van der Waals surface area (Å²) >= 11 is 0. The molecule has 0 radical (unpaired) electrons. The molecule has 2 rings (SSSR count). The average molecular weight is 277 g/mol. The summed E-state index contributed by atoms with van der Waals surface area (Å²) in [5, 5.41) is 8.77. The van der Waals surface area contributed by atoms with E-state index >= 15 is 0 Å². The van der Waals surface area contributed by atoms with E-state index in [-0.39, 0.29) is 18.4 Å². The predicted molar refractivity (Wildman–Crippen MR) is 74.0 cm³/mol. The van der Waals surface area contributed by atoms with Gasteiger partial charge in [-0.1, -0.05) is 0 Å². The number of likely N-dealkylation sites (tertiary alicyclic amines) is 1. The Morgan fingerprint density at radius 3 is 3.00 bits per heavy atom. The van der Waals surface area contributed by atoms with Crippen LogP contribution in [-0.2, 0) is 9.59 Å². The lowest BCUT2D eigenvalue weighted by Gasteiger charge is -2.35. The van der Waals surface area contributed by atoms with E-state index in [0.717, 1.165) is 19.3 Å². The van der Waals surface area contributed by atoms with Gasteiger partial charge in [0.1, 0.15) is 5.76 Å². The summed E-state index contributed by atoms with van der Waals surface area (Å²) in [6.45, 7) is 0.700. The SMILES string of the molecule is O=C(O)CCC1CCCCN1C(=O)C=Cc1ccco1. The van der Waals surface area contributed by atoms with Crippen LogP contribution < -0.4 is 0 Å². The van der Waals surface area contributed by atoms with Gasteiger partial charge in [-0.05, 0) is 43.9 Å². The van der Waals surface area contributed by atoms with Crippen LogP contribution in [-0.4, -0.2) is 34.5 Å². The molecule has 1 aliphatic heterocycles. The topological polar surface area (TPSA) is 70.8 Å². The number of hydrogen-bond acceptors (Lipinski definition) is 3. The standard InChI is InChI=1S/C15H19NO4/c17-14(8-7-13-5-3-11-20-13)16-10-2-1-4-12(16)6-9-15(18)19/h3,5,7-8,11-12H,1-2,4,6,9-10H2,(H,18,19). The number of carboxylic acid groups (broad SMARTS) is 1. The average Bonchev–Trinajstić information content (AvgIpc) is 2.96. The molecule has 1 aromatic heterocycles. The van der Waals surface area contributed by atoms with Gasteiger partial charge in [0.15, 0.2) is 0 Å². The lowest BCUT2D eigenvalue weighted by atomic mass is 9.98. The third-order valence-electron chi connectivity index (χ3n) is 3.54. The summed E-state index contributed by atoms with van der Waals surface area (Å²) < 4.78 is 5.14. The molecule has 0 spiro atoms. The van der Waals surface area contributed by atoms with Crippen molar-refractivity contribution in [1.29, 1.82) is 0 Å². The van der Waals surface area contributed by atoms with Gasteiger partial charge in [-0.25, -0.2) is 0 Å². The van der Waals surface area contributed by atoms with E-state index in [2.05, 4.69) is 0 Å². The van der Waals surface area contributed by atoms with Gasteiger partial charge in [-0.2, -0.15) is 0 Å². The second-order valence-corrected chi connectivity index (χ2v) is 4.96. The van der Waals surface area contributed by atoms with Crippen LogP contribution in [0.5, 0.6) is 0 Å². The molecule has 1 unspecified atom stereocenters. The number of carbonyl (C=O) groups excluding carboxylic acids is 1. The summed E-state index contributed by atoms with van der Waals surface area (Å²) in [6.07, 6.45) is 8.24. The molecular formula is C15H19NO4. The first-order valence-electron chi connectivity index (χ1n) is 6.91. The zero-order valence-corrected chi connectivity index (χ0v) is 11.3. The first-order chi connectivity index (χ1) is 9.66. The minimum atomic E-state index is -0.811. The fraction of sp³-hybridized carbons (Fsp3) is 0.467. The Balaban J connectivity index is 1.96. The molecule has 2 heterocycles. The van der Waals surface area contributed by atoms with Gasteiger partial charge in [-0.3, -0.25) is 9.59 Å². The van der Waals surface area contributed by atoms with E-state index in [0.29, 0.717) is 18.7 Å². The quantitative estimate of drug-likeness (QED) is 0.840. The Morgan fingerprint density at radius 2 is 2.30 bits per heavy atom. The van der Waals surface area contributed by atoms with Crippen molar-refractivity contribution in [3.05, 3.63) is 30.2 Å². The molecule has 0 saturated carbocycles. The number of aliphatic carboxylic acids is 1. The van der Waals surface area contributed by atoms with E-state index in [9.17, 15) is 9.59 Å². The number of carbonyl (C=O) groups is 2. The number of hydrogen-bond donors (Lipinski definition) is 1. The number of amides is 1. The highest BCUT2D eigenvalue weighted by molar-refractivity contribution is 5.91. The lowest BCUT2D eigenvalue weighted by molar-refractivity contribution is -0.138. The zero-order valence-electron chi connectivity index (χ0n) is 11.3. The summed E-state index contributed by atoms with van der Waals surface area (Å²) in [7, 11) is 0. The second kappa shape index (κ2) is 6.93. The van der Waals surface area contributed by atoms with E-state index in [1.807, 2.05) is 0 Å². The summed E-state index contributed by atoms with van der Waals surface area (Å²) in [5.41, 5.74) is 0. The molecule has 0 aliphatic carbocycles. The van der Waals surface area contributed by atoms with Gasteiger partial charge in [0.25, 0.3) is 0 Å². The molecule has 1 aromatic rings. The molecular weight excluding hydrogens is 258 g/mol. The molecule has 5 heteroatoms. The maximum absolute atomic E-state index is 12.2. The van der Waals surface area contributed by atoms with Crippen molar-refractivity contribution in [2.75, 3.05) is 6.54 Å². The normalized spacial score (nSPS) is 19.4. The molecule has 0 bridgehead atoms. The van der Waals surface area contributed by atoms with E-state index in [1.165, 1.54) is 6.08 Å². The lowest BCUT2D eigenvalue weighted by Crippen LogP contribution is -2.43. The minimum Gasteiger partial charge on any atom is -0.481 e. The van der Waals surface area contributed by atoms with Crippen LogP contribution in [0.1, 0.15) is 37.9 Å². The van der Waals surface area contributed by atoms with Gasteiger partial charge in [-0.15, -0.1) is 0 Å². The van der Waals surface area contributed by atoms with Crippen LogP contribution in [0, 0.1) is 0 Å². The number of nitrogens with zero attached hydrogens (tertiary/aromatic N) is 1. The Morgan fingerprint density at radius 1 is 1.45 bits per heavy atom. The third-order valence-corrected chi connectivity index (χ3v) is 3.54.